The van der Waals surface area contributed by atoms with E-state index in [0.29, 0.717) is 12.3 Å². The number of aryl methyl sites for hydroxylation is 1. The number of hydrogen-bond donors (Lipinski definition) is 1. The minimum atomic E-state index is -0.229. The van der Waals surface area contributed by atoms with Crippen molar-refractivity contribution in [3.8, 4) is 0 Å². The molecular weight excluding hydrogens is 323 g/mol. The Balaban J connectivity index is 1.78. The summed E-state index contributed by atoms with van der Waals surface area (Å²) in [4.78, 5) is 4.41. The number of aliphatic hydroxyl groups is 1. The number of hydrogen-bond acceptors (Lipinski definition) is 3. The summed E-state index contributed by atoms with van der Waals surface area (Å²) in [7, 11) is 0. The van der Waals surface area contributed by atoms with Crippen molar-refractivity contribution in [2.75, 3.05) is 0 Å². The smallest absolute Gasteiger partial charge is 0.168 e. The van der Waals surface area contributed by atoms with Gasteiger partial charge in [0.25, 0.3) is 0 Å². The molecule has 3 nitrogen and oxygen atoms in total. The fourth-order valence-electron chi connectivity index (χ4n) is 2.45. The molecule has 0 unspecified atom stereocenters. The molecule has 3 rings (SSSR count). The van der Waals surface area contributed by atoms with Crippen LogP contribution in [0.3, 0.4) is 0 Å². The number of benzene rings is 2. The zero-order chi connectivity index (χ0) is 16.9. The zero-order valence-corrected chi connectivity index (χ0v) is 14.3. The van der Waals surface area contributed by atoms with Gasteiger partial charge < -0.3 is 9.67 Å². The number of imidazole rings is 1. The van der Waals surface area contributed by atoms with Gasteiger partial charge in [0.2, 0.25) is 0 Å². The van der Waals surface area contributed by atoms with Crippen LogP contribution in [0.4, 0.5) is 4.39 Å². The standard InChI is InChI=1S/C19H19FN2OS/c1-14-5-7-15(8-6-14)11-22-18(12-23)10-21-19(22)24-13-16-3-2-4-17(20)9-16/h2-10,23H,11-13H2,1H3. The lowest BCUT2D eigenvalue weighted by Gasteiger charge is -2.11. The van der Waals surface area contributed by atoms with Crippen molar-refractivity contribution in [3.63, 3.8) is 0 Å². The van der Waals surface area contributed by atoms with Crippen molar-refractivity contribution in [1.82, 2.24) is 9.55 Å². The molecule has 0 saturated heterocycles. The Morgan fingerprint density at radius 1 is 1.12 bits per heavy atom. The summed E-state index contributed by atoms with van der Waals surface area (Å²) in [5, 5.41) is 10.4. The first-order valence-electron chi connectivity index (χ1n) is 7.74. The van der Waals surface area contributed by atoms with Crippen LogP contribution in [0, 0.1) is 12.7 Å². The maximum atomic E-state index is 13.3. The normalized spacial score (nSPS) is 11.0. The van der Waals surface area contributed by atoms with Crippen molar-refractivity contribution < 1.29 is 9.50 Å². The molecule has 0 fully saturated rings. The van der Waals surface area contributed by atoms with E-state index in [-0.39, 0.29) is 12.4 Å². The number of halogens is 1. The molecule has 5 heteroatoms. The van der Waals surface area contributed by atoms with Crippen LogP contribution in [0.5, 0.6) is 0 Å². The molecule has 124 valence electrons. The monoisotopic (exact) mass is 342 g/mol. The minimum Gasteiger partial charge on any atom is -0.390 e. The zero-order valence-electron chi connectivity index (χ0n) is 13.4. The van der Waals surface area contributed by atoms with Gasteiger partial charge >= 0.3 is 0 Å². The van der Waals surface area contributed by atoms with E-state index in [1.54, 1.807) is 24.0 Å². The van der Waals surface area contributed by atoms with Crippen LogP contribution in [0.1, 0.15) is 22.4 Å². The summed E-state index contributed by atoms with van der Waals surface area (Å²) in [5.41, 5.74) is 4.06. The first-order chi connectivity index (χ1) is 11.7. The lowest BCUT2D eigenvalue weighted by molar-refractivity contribution is 0.270. The van der Waals surface area contributed by atoms with Crippen LogP contribution in [0.2, 0.25) is 0 Å². The molecule has 0 aliphatic rings. The maximum Gasteiger partial charge on any atom is 0.168 e. The number of rotatable bonds is 6. The van der Waals surface area contributed by atoms with E-state index in [1.165, 1.54) is 17.7 Å². The van der Waals surface area contributed by atoms with Crippen LogP contribution >= 0.6 is 11.8 Å². The van der Waals surface area contributed by atoms with E-state index in [9.17, 15) is 9.50 Å². The summed E-state index contributed by atoms with van der Waals surface area (Å²) in [6, 6.07) is 14.9. The van der Waals surface area contributed by atoms with Crippen LogP contribution < -0.4 is 0 Å². The third-order valence-corrected chi connectivity index (χ3v) is 4.84. The first-order valence-corrected chi connectivity index (χ1v) is 8.72. The molecule has 2 aromatic carbocycles. The summed E-state index contributed by atoms with van der Waals surface area (Å²) >= 11 is 1.54. The molecule has 3 aromatic rings. The molecule has 1 N–H and O–H groups in total. The van der Waals surface area contributed by atoms with E-state index >= 15 is 0 Å². The average Bonchev–Trinajstić information content (AvgIpc) is 2.97. The molecule has 0 spiro atoms. The molecule has 0 atom stereocenters. The van der Waals surface area contributed by atoms with Crippen molar-refractivity contribution in [3.05, 3.63) is 82.9 Å². The molecule has 0 amide bonds. The topological polar surface area (TPSA) is 38.0 Å². The molecule has 0 saturated carbocycles. The van der Waals surface area contributed by atoms with Gasteiger partial charge in [0, 0.05) is 12.3 Å². The third kappa shape index (κ3) is 4.04. The molecule has 0 radical (unpaired) electrons. The molecule has 0 aliphatic carbocycles. The molecule has 0 aliphatic heterocycles. The first kappa shape index (κ1) is 16.7. The van der Waals surface area contributed by atoms with Crippen molar-refractivity contribution >= 4 is 11.8 Å². The van der Waals surface area contributed by atoms with Gasteiger partial charge in [-0.25, -0.2) is 9.37 Å². The van der Waals surface area contributed by atoms with E-state index < -0.39 is 0 Å². The number of aliphatic hydroxyl groups excluding tert-OH is 1. The van der Waals surface area contributed by atoms with E-state index in [2.05, 4.69) is 36.2 Å². The minimum absolute atomic E-state index is 0.0562. The predicted molar refractivity (Wildman–Crippen MR) is 94.4 cm³/mol. The van der Waals surface area contributed by atoms with Crippen molar-refractivity contribution in [2.45, 2.75) is 31.0 Å². The Labute approximate surface area is 145 Å². The lowest BCUT2D eigenvalue weighted by Crippen LogP contribution is -2.06. The van der Waals surface area contributed by atoms with Crippen LogP contribution in [0.25, 0.3) is 0 Å². The Kier molecular flexibility index (Phi) is 5.33. The Bertz CT molecular complexity index is 814. The van der Waals surface area contributed by atoms with Gasteiger partial charge in [-0.15, -0.1) is 0 Å². The number of aromatic nitrogens is 2. The third-order valence-electron chi connectivity index (χ3n) is 3.78. The average molecular weight is 342 g/mol. The van der Waals surface area contributed by atoms with Crippen LogP contribution in [0.15, 0.2) is 59.9 Å². The SMILES string of the molecule is Cc1ccc(Cn2c(CO)cnc2SCc2cccc(F)c2)cc1. The van der Waals surface area contributed by atoms with Gasteiger partial charge in [-0.1, -0.05) is 53.7 Å². The molecule has 0 bridgehead atoms. The highest BCUT2D eigenvalue weighted by Crippen LogP contribution is 2.24. The number of nitrogens with zero attached hydrogens (tertiary/aromatic N) is 2. The van der Waals surface area contributed by atoms with E-state index in [0.717, 1.165) is 22.0 Å². The van der Waals surface area contributed by atoms with Gasteiger partial charge in [0.15, 0.2) is 5.16 Å². The van der Waals surface area contributed by atoms with Gasteiger partial charge in [-0.3, -0.25) is 0 Å². The van der Waals surface area contributed by atoms with Crippen molar-refractivity contribution in [2.24, 2.45) is 0 Å². The Morgan fingerprint density at radius 3 is 2.62 bits per heavy atom. The van der Waals surface area contributed by atoms with E-state index in [1.807, 2.05) is 10.6 Å². The fraction of sp³-hybridized carbons (Fsp3) is 0.211. The summed E-state index contributed by atoms with van der Waals surface area (Å²) in [6.07, 6.45) is 1.70. The van der Waals surface area contributed by atoms with Gasteiger partial charge in [0.05, 0.1) is 18.5 Å². The van der Waals surface area contributed by atoms with Crippen molar-refractivity contribution in [1.29, 1.82) is 0 Å². The molecule has 1 heterocycles. The van der Waals surface area contributed by atoms with Gasteiger partial charge in [0.1, 0.15) is 5.82 Å². The van der Waals surface area contributed by atoms with Crippen LogP contribution in [-0.4, -0.2) is 14.7 Å². The van der Waals surface area contributed by atoms with Crippen LogP contribution in [-0.2, 0) is 18.9 Å². The summed E-state index contributed by atoms with van der Waals surface area (Å²) < 4.78 is 15.3. The summed E-state index contributed by atoms with van der Waals surface area (Å²) in [6.45, 7) is 2.65. The van der Waals surface area contributed by atoms with E-state index in [4.69, 9.17) is 0 Å². The molecular formula is C19H19FN2OS. The lowest BCUT2D eigenvalue weighted by atomic mass is 10.1. The Morgan fingerprint density at radius 2 is 1.92 bits per heavy atom. The second-order valence-electron chi connectivity index (χ2n) is 5.68. The largest absolute Gasteiger partial charge is 0.390 e. The highest BCUT2D eigenvalue weighted by atomic mass is 32.2. The second-order valence-corrected chi connectivity index (χ2v) is 6.62. The molecule has 24 heavy (non-hydrogen) atoms. The Hall–Kier alpha value is -2.11. The maximum absolute atomic E-state index is 13.3. The number of thioether (sulfide) groups is 1. The summed E-state index contributed by atoms with van der Waals surface area (Å²) in [5.74, 6) is 0.403. The fourth-order valence-corrected chi connectivity index (χ4v) is 3.39. The predicted octanol–water partition coefficient (Wildman–Crippen LogP) is 4.16. The van der Waals surface area contributed by atoms with Gasteiger partial charge in [-0.2, -0.15) is 0 Å². The molecule has 1 aromatic heterocycles. The quantitative estimate of drug-likeness (QED) is 0.684. The second kappa shape index (κ2) is 7.64. The highest BCUT2D eigenvalue weighted by Gasteiger charge is 2.11. The highest BCUT2D eigenvalue weighted by molar-refractivity contribution is 7.98. The van der Waals surface area contributed by atoms with Gasteiger partial charge in [-0.05, 0) is 30.2 Å².